The molecule has 1 unspecified atom stereocenters. The van der Waals surface area contributed by atoms with E-state index in [0.717, 1.165) is 23.3 Å². The Balaban J connectivity index is 2.24. The maximum atomic E-state index is 12.8. The van der Waals surface area contributed by atoms with Crippen LogP contribution in [0.3, 0.4) is 0 Å². The van der Waals surface area contributed by atoms with Gasteiger partial charge in [-0.1, -0.05) is 24.3 Å². The fourth-order valence-electron chi connectivity index (χ4n) is 2.05. The predicted molar refractivity (Wildman–Crippen MR) is 76.3 cm³/mol. The predicted octanol–water partition coefficient (Wildman–Crippen LogP) is 3.17. The van der Waals surface area contributed by atoms with Crippen LogP contribution >= 0.6 is 0 Å². The third kappa shape index (κ3) is 3.23. The van der Waals surface area contributed by atoms with Gasteiger partial charge in [0.1, 0.15) is 5.82 Å². The van der Waals surface area contributed by atoms with Gasteiger partial charge in [-0.05, 0) is 49.2 Å². The van der Waals surface area contributed by atoms with Crippen LogP contribution in [0.2, 0.25) is 0 Å². The van der Waals surface area contributed by atoms with E-state index < -0.39 is 15.8 Å². The smallest absolute Gasteiger partial charge is 0.207 e. The Morgan fingerprint density at radius 1 is 1.05 bits per heavy atom. The molecule has 1 N–H and O–H groups in total. The molecule has 20 heavy (non-hydrogen) atoms. The Hall–Kier alpha value is -1.72. The molecule has 0 aliphatic rings. The van der Waals surface area contributed by atoms with Crippen molar-refractivity contribution in [1.82, 2.24) is 4.72 Å². The van der Waals surface area contributed by atoms with E-state index >= 15 is 0 Å². The lowest BCUT2D eigenvalue weighted by Crippen LogP contribution is -2.27. The van der Waals surface area contributed by atoms with Crippen LogP contribution in [-0.4, -0.2) is 8.42 Å². The number of nitrogens with one attached hydrogen (secondary N) is 1. The van der Waals surface area contributed by atoms with E-state index in [2.05, 4.69) is 4.72 Å². The molecule has 106 valence electrons. The number of halogens is 1. The van der Waals surface area contributed by atoms with Crippen molar-refractivity contribution in [2.75, 3.05) is 0 Å². The monoisotopic (exact) mass is 293 g/mol. The lowest BCUT2D eigenvalue weighted by molar-refractivity contribution is 0.566. The second-order valence-corrected chi connectivity index (χ2v) is 6.37. The van der Waals surface area contributed by atoms with Crippen molar-refractivity contribution < 1.29 is 12.8 Å². The number of rotatable bonds is 4. The van der Waals surface area contributed by atoms with Gasteiger partial charge in [0.25, 0.3) is 0 Å². The van der Waals surface area contributed by atoms with Gasteiger partial charge < -0.3 is 0 Å². The van der Waals surface area contributed by atoms with Crippen LogP contribution in [0.1, 0.15) is 24.1 Å². The first-order valence-corrected chi connectivity index (χ1v) is 7.72. The topological polar surface area (TPSA) is 46.2 Å². The zero-order valence-corrected chi connectivity index (χ0v) is 12.1. The third-order valence-electron chi connectivity index (χ3n) is 3.11. The molecule has 5 heteroatoms. The van der Waals surface area contributed by atoms with Crippen molar-refractivity contribution in [3.05, 3.63) is 65.5 Å². The normalized spacial score (nSPS) is 13.2. The SMILES string of the molecule is Cc1ccccc1C(C)NS(=O)(=O)c1ccc(F)cc1. The Labute approximate surface area is 118 Å². The number of benzene rings is 2. The van der Waals surface area contributed by atoms with Gasteiger partial charge in [-0.15, -0.1) is 0 Å². The fraction of sp³-hybridized carbons (Fsp3) is 0.200. The Bertz CT molecular complexity index is 696. The first kappa shape index (κ1) is 14.7. The molecule has 2 rings (SSSR count). The van der Waals surface area contributed by atoms with Crippen molar-refractivity contribution >= 4 is 10.0 Å². The average Bonchev–Trinajstić information content (AvgIpc) is 2.39. The van der Waals surface area contributed by atoms with Gasteiger partial charge >= 0.3 is 0 Å². The molecule has 0 bridgehead atoms. The van der Waals surface area contributed by atoms with E-state index in [1.165, 1.54) is 12.1 Å². The molecular weight excluding hydrogens is 277 g/mol. The summed E-state index contributed by atoms with van der Waals surface area (Å²) in [6, 6.07) is 12.0. The minimum atomic E-state index is -3.66. The number of aryl methyl sites for hydroxylation is 1. The van der Waals surface area contributed by atoms with Crippen molar-refractivity contribution in [2.24, 2.45) is 0 Å². The summed E-state index contributed by atoms with van der Waals surface area (Å²) in [6.45, 7) is 3.71. The quantitative estimate of drug-likeness (QED) is 0.941. The molecule has 0 aliphatic carbocycles. The summed E-state index contributed by atoms with van der Waals surface area (Å²) in [5, 5.41) is 0. The van der Waals surface area contributed by atoms with E-state index in [0.29, 0.717) is 0 Å². The van der Waals surface area contributed by atoms with Crippen LogP contribution in [0, 0.1) is 12.7 Å². The number of sulfonamides is 1. The van der Waals surface area contributed by atoms with E-state index in [9.17, 15) is 12.8 Å². The lowest BCUT2D eigenvalue weighted by atomic mass is 10.0. The molecule has 0 saturated carbocycles. The first-order chi connectivity index (χ1) is 9.40. The van der Waals surface area contributed by atoms with Crippen LogP contribution in [0.15, 0.2) is 53.4 Å². The highest BCUT2D eigenvalue weighted by molar-refractivity contribution is 7.89. The van der Waals surface area contributed by atoms with Gasteiger partial charge in [0.05, 0.1) is 4.90 Å². The highest BCUT2D eigenvalue weighted by Gasteiger charge is 2.19. The van der Waals surface area contributed by atoms with Crippen molar-refractivity contribution in [3.8, 4) is 0 Å². The highest BCUT2D eigenvalue weighted by atomic mass is 32.2. The van der Waals surface area contributed by atoms with E-state index in [4.69, 9.17) is 0 Å². The van der Waals surface area contributed by atoms with E-state index in [1.807, 2.05) is 31.2 Å². The van der Waals surface area contributed by atoms with Crippen LogP contribution in [0.5, 0.6) is 0 Å². The largest absolute Gasteiger partial charge is 0.241 e. The maximum absolute atomic E-state index is 12.8. The molecule has 2 aromatic carbocycles. The summed E-state index contributed by atoms with van der Waals surface area (Å²) in [4.78, 5) is 0.0549. The Morgan fingerprint density at radius 2 is 1.65 bits per heavy atom. The molecule has 0 aliphatic heterocycles. The zero-order chi connectivity index (χ0) is 14.8. The fourth-order valence-corrected chi connectivity index (χ4v) is 3.27. The van der Waals surface area contributed by atoms with Gasteiger partial charge in [0.2, 0.25) is 10.0 Å². The Morgan fingerprint density at radius 3 is 2.25 bits per heavy atom. The van der Waals surface area contributed by atoms with Crippen LogP contribution in [0.4, 0.5) is 4.39 Å². The number of hydrogen-bond acceptors (Lipinski definition) is 2. The van der Waals surface area contributed by atoms with Gasteiger partial charge in [-0.2, -0.15) is 0 Å². The molecule has 0 spiro atoms. The molecule has 0 aromatic heterocycles. The zero-order valence-electron chi connectivity index (χ0n) is 11.3. The summed E-state index contributed by atoms with van der Waals surface area (Å²) >= 11 is 0. The molecule has 3 nitrogen and oxygen atoms in total. The molecule has 0 heterocycles. The molecular formula is C15H16FNO2S. The summed E-state index contributed by atoms with van der Waals surface area (Å²) in [6.07, 6.45) is 0. The first-order valence-electron chi connectivity index (χ1n) is 6.23. The standard InChI is InChI=1S/C15H16FNO2S/c1-11-5-3-4-6-15(11)12(2)17-20(18,19)14-9-7-13(16)8-10-14/h3-10,12,17H,1-2H3. The van der Waals surface area contributed by atoms with Crippen molar-refractivity contribution in [3.63, 3.8) is 0 Å². The summed E-state index contributed by atoms with van der Waals surface area (Å²) in [5.41, 5.74) is 1.93. The molecule has 0 radical (unpaired) electrons. The number of hydrogen-bond donors (Lipinski definition) is 1. The van der Waals surface area contributed by atoms with Crippen LogP contribution in [-0.2, 0) is 10.0 Å². The lowest BCUT2D eigenvalue weighted by Gasteiger charge is -2.16. The van der Waals surface area contributed by atoms with Crippen LogP contribution in [0.25, 0.3) is 0 Å². The average molecular weight is 293 g/mol. The second-order valence-electron chi connectivity index (χ2n) is 4.65. The molecule has 0 amide bonds. The highest BCUT2D eigenvalue weighted by Crippen LogP contribution is 2.20. The van der Waals surface area contributed by atoms with E-state index in [1.54, 1.807) is 6.92 Å². The minimum Gasteiger partial charge on any atom is -0.207 e. The van der Waals surface area contributed by atoms with Crippen LogP contribution < -0.4 is 4.72 Å². The van der Waals surface area contributed by atoms with Gasteiger partial charge in [0, 0.05) is 6.04 Å². The van der Waals surface area contributed by atoms with Crippen molar-refractivity contribution in [2.45, 2.75) is 24.8 Å². The third-order valence-corrected chi connectivity index (χ3v) is 4.67. The van der Waals surface area contributed by atoms with Gasteiger partial charge in [-0.3, -0.25) is 0 Å². The summed E-state index contributed by atoms with van der Waals surface area (Å²) in [5.74, 6) is -0.462. The minimum absolute atomic E-state index is 0.0549. The molecule has 2 aromatic rings. The Kier molecular flexibility index (Phi) is 4.20. The molecule has 0 saturated heterocycles. The second kappa shape index (κ2) is 5.73. The van der Waals surface area contributed by atoms with E-state index in [-0.39, 0.29) is 10.9 Å². The molecule has 0 fully saturated rings. The maximum Gasteiger partial charge on any atom is 0.241 e. The van der Waals surface area contributed by atoms with Gasteiger partial charge in [-0.25, -0.2) is 17.5 Å². The summed E-state index contributed by atoms with van der Waals surface area (Å²) in [7, 11) is -3.66. The van der Waals surface area contributed by atoms with Crippen molar-refractivity contribution in [1.29, 1.82) is 0 Å². The molecule has 1 atom stereocenters. The summed E-state index contributed by atoms with van der Waals surface area (Å²) < 4.78 is 39.8. The van der Waals surface area contributed by atoms with Gasteiger partial charge in [0.15, 0.2) is 0 Å².